The molecule has 2 aromatic heterocycles. The second-order valence-corrected chi connectivity index (χ2v) is 5.16. The molecule has 0 amide bonds. The Morgan fingerprint density at radius 3 is 2.78 bits per heavy atom. The molecule has 0 radical (unpaired) electrons. The number of hydrogen-bond donors (Lipinski definition) is 0. The lowest BCUT2D eigenvalue weighted by Gasteiger charge is -2.08. The zero-order chi connectivity index (χ0) is 13.3. The number of aromatic nitrogens is 2. The van der Waals surface area contributed by atoms with Gasteiger partial charge in [0.15, 0.2) is 0 Å². The number of fused-ring (bicyclic) bond motifs is 1. The van der Waals surface area contributed by atoms with Gasteiger partial charge >= 0.3 is 6.18 Å². The Bertz CT molecular complexity index is 570. The van der Waals surface area contributed by atoms with Gasteiger partial charge in [-0.15, -0.1) is 11.3 Å². The number of aryl methyl sites for hydroxylation is 1. The number of thiophene rings is 1. The Balaban J connectivity index is 2.21. The van der Waals surface area contributed by atoms with Crippen LogP contribution in [-0.4, -0.2) is 22.8 Å². The van der Waals surface area contributed by atoms with Gasteiger partial charge in [0.1, 0.15) is 4.83 Å². The van der Waals surface area contributed by atoms with Crippen LogP contribution in [0.2, 0.25) is 5.28 Å². The molecule has 3 nitrogen and oxygen atoms in total. The molecule has 0 aliphatic rings. The van der Waals surface area contributed by atoms with Crippen LogP contribution in [0.15, 0.2) is 6.07 Å². The van der Waals surface area contributed by atoms with E-state index < -0.39 is 19.2 Å². The molecule has 0 aliphatic carbocycles. The molecule has 18 heavy (non-hydrogen) atoms. The van der Waals surface area contributed by atoms with Gasteiger partial charge in [0.05, 0.1) is 18.4 Å². The second-order valence-electron chi connectivity index (χ2n) is 3.59. The summed E-state index contributed by atoms with van der Waals surface area (Å²) in [5.74, 6) is 0.0959. The molecule has 0 bridgehead atoms. The largest absolute Gasteiger partial charge is 0.477 e. The monoisotopic (exact) mass is 296 g/mol. The van der Waals surface area contributed by atoms with Crippen LogP contribution in [0.3, 0.4) is 0 Å². The molecule has 8 heteroatoms. The summed E-state index contributed by atoms with van der Waals surface area (Å²) in [6.07, 6.45) is -5.28. The molecule has 2 heterocycles. The molecule has 0 unspecified atom stereocenters. The summed E-state index contributed by atoms with van der Waals surface area (Å²) in [7, 11) is 0. The number of alkyl halides is 3. The Labute approximate surface area is 110 Å². The van der Waals surface area contributed by atoms with Crippen LogP contribution in [0.1, 0.15) is 11.3 Å². The van der Waals surface area contributed by atoms with Crippen molar-refractivity contribution in [2.75, 3.05) is 6.61 Å². The van der Waals surface area contributed by atoms with E-state index in [1.807, 2.05) is 6.92 Å². The van der Waals surface area contributed by atoms with Gasteiger partial charge in [-0.3, -0.25) is 0 Å². The highest BCUT2D eigenvalue weighted by atomic mass is 35.5. The zero-order valence-electron chi connectivity index (χ0n) is 9.21. The van der Waals surface area contributed by atoms with Gasteiger partial charge in [-0.05, 0) is 24.6 Å². The number of ether oxygens (including phenoxy) is 1. The summed E-state index contributed by atoms with van der Waals surface area (Å²) >= 11 is 7.07. The molecule has 2 aromatic rings. The number of rotatable bonds is 3. The van der Waals surface area contributed by atoms with Gasteiger partial charge in [0.2, 0.25) is 11.2 Å². The summed E-state index contributed by atoms with van der Waals surface area (Å²) in [5, 5.41) is 0.551. The van der Waals surface area contributed by atoms with Gasteiger partial charge in [0.25, 0.3) is 0 Å². The molecule has 0 aromatic carbocycles. The van der Waals surface area contributed by atoms with E-state index in [0.717, 1.165) is 4.88 Å². The minimum Gasteiger partial charge on any atom is -0.477 e. The van der Waals surface area contributed by atoms with E-state index in [2.05, 4.69) is 9.97 Å². The van der Waals surface area contributed by atoms with Crippen LogP contribution < -0.4 is 4.74 Å². The van der Waals surface area contributed by atoms with Crippen LogP contribution in [0, 0.1) is 6.92 Å². The smallest absolute Gasteiger partial charge is 0.392 e. The highest BCUT2D eigenvalue weighted by Gasteiger charge is 2.27. The number of nitrogens with zero attached hydrogens (tertiary/aromatic N) is 2. The Kier molecular flexibility index (Phi) is 3.63. The van der Waals surface area contributed by atoms with Crippen molar-refractivity contribution in [3.05, 3.63) is 16.2 Å². The minimum atomic E-state index is -4.25. The van der Waals surface area contributed by atoms with Crippen LogP contribution in [0.25, 0.3) is 10.2 Å². The lowest BCUT2D eigenvalue weighted by atomic mass is 10.3. The van der Waals surface area contributed by atoms with Crippen LogP contribution in [0.4, 0.5) is 13.2 Å². The molecule has 0 spiro atoms. The first kappa shape index (κ1) is 13.4. The van der Waals surface area contributed by atoms with Crippen molar-refractivity contribution in [1.82, 2.24) is 9.97 Å². The molecule has 0 N–H and O–H groups in total. The fraction of sp³-hybridized carbons (Fsp3) is 0.400. The van der Waals surface area contributed by atoms with Crippen molar-refractivity contribution in [1.29, 1.82) is 0 Å². The molecule has 0 saturated carbocycles. The predicted molar refractivity (Wildman–Crippen MR) is 63.3 cm³/mol. The number of hydrogen-bond acceptors (Lipinski definition) is 4. The van der Waals surface area contributed by atoms with E-state index in [1.54, 1.807) is 6.07 Å². The molecule has 98 valence electrons. The zero-order valence-corrected chi connectivity index (χ0v) is 10.8. The lowest BCUT2D eigenvalue weighted by Crippen LogP contribution is -2.13. The minimum absolute atomic E-state index is 0.0358. The van der Waals surface area contributed by atoms with Gasteiger partial charge in [-0.25, -0.2) is 4.98 Å². The Morgan fingerprint density at radius 2 is 2.11 bits per heavy atom. The van der Waals surface area contributed by atoms with Gasteiger partial charge in [-0.1, -0.05) is 0 Å². The first-order valence-electron chi connectivity index (χ1n) is 4.98. The SMILES string of the molecule is Cc1cc2c(OCCC(F)(F)F)nc(Cl)nc2s1. The van der Waals surface area contributed by atoms with Crippen molar-refractivity contribution in [2.24, 2.45) is 0 Å². The molecule has 0 fully saturated rings. The van der Waals surface area contributed by atoms with Crippen LogP contribution >= 0.6 is 22.9 Å². The second kappa shape index (κ2) is 4.89. The molecular weight excluding hydrogens is 289 g/mol. The van der Waals surface area contributed by atoms with E-state index in [0.29, 0.717) is 10.2 Å². The Hall–Kier alpha value is -1.08. The Morgan fingerprint density at radius 1 is 1.39 bits per heavy atom. The first-order chi connectivity index (χ1) is 8.35. The van der Waals surface area contributed by atoms with Crippen molar-refractivity contribution in [3.63, 3.8) is 0 Å². The summed E-state index contributed by atoms with van der Waals surface area (Å²) < 4.78 is 41.1. The normalized spacial score (nSPS) is 12.1. The lowest BCUT2D eigenvalue weighted by molar-refractivity contribution is -0.139. The summed E-state index contributed by atoms with van der Waals surface area (Å²) in [6, 6.07) is 1.76. The van der Waals surface area contributed by atoms with Gasteiger partial charge in [0, 0.05) is 4.88 Å². The van der Waals surface area contributed by atoms with E-state index in [4.69, 9.17) is 16.3 Å². The maximum absolute atomic E-state index is 12.0. The molecule has 2 rings (SSSR count). The fourth-order valence-corrected chi connectivity index (χ4v) is 2.45. The molecule has 0 atom stereocenters. The van der Waals surface area contributed by atoms with Crippen molar-refractivity contribution in [2.45, 2.75) is 19.5 Å². The highest BCUT2D eigenvalue weighted by Crippen LogP contribution is 2.31. The summed E-state index contributed by atoms with van der Waals surface area (Å²) in [6.45, 7) is 1.38. The average Bonchev–Trinajstić information content (AvgIpc) is 2.56. The standard InChI is InChI=1S/C10H8ClF3N2OS/c1-5-4-6-7(17-3-2-10(12,13)14)15-9(11)16-8(6)18-5/h4H,2-3H2,1H3. The van der Waals surface area contributed by atoms with Gasteiger partial charge < -0.3 is 4.74 Å². The summed E-state index contributed by atoms with van der Waals surface area (Å²) in [4.78, 5) is 9.36. The maximum Gasteiger partial charge on any atom is 0.392 e. The quantitative estimate of drug-likeness (QED) is 0.804. The molecular formula is C10H8ClF3N2OS. The first-order valence-corrected chi connectivity index (χ1v) is 6.18. The maximum atomic E-state index is 12.0. The van der Waals surface area contributed by atoms with E-state index in [-0.39, 0.29) is 11.2 Å². The van der Waals surface area contributed by atoms with Gasteiger partial charge in [-0.2, -0.15) is 18.2 Å². The van der Waals surface area contributed by atoms with Crippen molar-refractivity contribution >= 4 is 33.2 Å². The highest BCUT2D eigenvalue weighted by molar-refractivity contribution is 7.18. The van der Waals surface area contributed by atoms with Crippen molar-refractivity contribution < 1.29 is 17.9 Å². The van der Waals surface area contributed by atoms with E-state index >= 15 is 0 Å². The predicted octanol–water partition coefficient (Wildman–Crippen LogP) is 3.98. The third-order valence-corrected chi connectivity index (χ3v) is 3.19. The average molecular weight is 297 g/mol. The number of halogens is 4. The van der Waals surface area contributed by atoms with E-state index in [9.17, 15) is 13.2 Å². The van der Waals surface area contributed by atoms with Crippen LogP contribution in [-0.2, 0) is 0 Å². The third kappa shape index (κ3) is 3.23. The van der Waals surface area contributed by atoms with Crippen molar-refractivity contribution in [3.8, 4) is 5.88 Å². The topological polar surface area (TPSA) is 35.0 Å². The third-order valence-electron chi connectivity index (χ3n) is 2.08. The van der Waals surface area contributed by atoms with Crippen LogP contribution in [0.5, 0.6) is 5.88 Å². The molecule has 0 saturated heterocycles. The fourth-order valence-electron chi connectivity index (χ4n) is 1.36. The molecule has 0 aliphatic heterocycles. The van der Waals surface area contributed by atoms with E-state index in [1.165, 1.54) is 11.3 Å². The summed E-state index contributed by atoms with van der Waals surface area (Å²) in [5.41, 5.74) is 0.